The van der Waals surface area contributed by atoms with E-state index in [0.717, 1.165) is 122 Å². The number of hydrogen-bond donors (Lipinski definition) is 2. The minimum absolute atomic E-state index is 0.140. The van der Waals surface area contributed by atoms with Gasteiger partial charge in [0.1, 0.15) is 35.5 Å². The first-order valence-corrected chi connectivity index (χ1v) is 22.8. The normalized spacial score (nSPS) is 22.8. The van der Waals surface area contributed by atoms with Crippen molar-refractivity contribution in [2.75, 3.05) is 47.6 Å². The van der Waals surface area contributed by atoms with E-state index < -0.39 is 0 Å². The van der Waals surface area contributed by atoms with Crippen LogP contribution >= 0.6 is 0 Å². The lowest BCUT2D eigenvalue weighted by Crippen LogP contribution is -2.37. The summed E-state index contributed by atoms with van der Waals surface area (Å²) < 4.78 is 24.0. The Hall–Kier alpha value is -6.38. The molecular weight excluding hydrogens is 805 g/mol. The van der Waals surface area contributed by atoms with Gasteiger partial charge >= 0.3 is 0 Å². The van der Waals surface area contributed by atoms with Crippen molar-refractivity contribution in [3.8, 4) is 34.0 Å². The summed E-state index contributed by atoms with van der Waals surface area (Å²) in [5, 5.41) is 0. The molecule has 12 rings (SSSR count). The molecule has 14 heteroatoms. The molecule has 4 aliphatic heterocycles. The molecule has 4 bridgehead atoms. The van der Waals surface area contributed by atoms with Crippen LogP contribution in [-0.4, -0.2) is 80.5 Å². The second kappa shape index (κ2) is 17.0. The minimum Gasteiger partial charge on any atom is -0.482 e. The van der Waals surface area contributed by atoms with Crippen molar-refractivity contribution < 1.29 is 18.9 Å². The van der Waals surface area contributed by atoms with E-state index in [0.29, 0.717) is 59.3 Å². The highest BCUT2D eigenvalue weighted by Crippen LogP contribution is 2.43. The Balaban J connectivity index is 0.000000143. The fourth-order valence-corrected chi connectivity index (χ4v) is 9.25. The summed E-state index contributed by atoms with van der Waals surface area (Å²) in [5.74, 6) is 6.65. The van der Waals surface area contributed by atoms with E-state index in [1.807, 2.05) is 86.6 Å². The summed E-state index contributed by atoms with van der Waals surface area (Å²) in [7, 11) is 0. The van der Waals surface area contributed by atoms with E-state index in [4.69, 9.17) is 50.4 Å². The maximum Gasteiger partial charge on any atom is 0.166 e. The SMILES string of the molecule is CC(Oc1cc(-c2cc(N3C[C@@H]4C[C@H]3CO4)nc(C3CC3)n2)cnc1N)c1ccccc1.CC(Oc1cc(-c2cc(N3C[C@@H]4C[C@H]3CO4)nc(C3CC3)n2)cnc1N)c1ccccc1. The Labute approximate surface area is 373 Å². The van der Waals surface area contributed by atoms with E-state index in [9.17, 15) is 0 Å². The van der Waals surface area contributed by atoms with Crippen LogP contribution in [0.15, 0.2) is 97.3 Å². The van der Waals surface area contributed by atoms with Crippen LogP contribution in [0, 0.1) is 0 Å². The van der Waals surface area contributed by atoms with E-state index in [-0.39, 0.29) is 12.2 Å². The zero-order valence-corrected chi connectivity index (χ0v) is 36.3. The predicted octanol–water partition coefficient (Wildman–Crippen LogP) is 8.23. The number of anilines is 4. The van der Waals surface area contributed by atoms with Crippen molar-refractivity contribution in [2.45, 2.75) is 101 Å². The van der Waals surface area contributed by atoms with Gasteiger partial charge < -0.3 is 40.2 Å². The Bertz CT molecular complexity index is 2450. The average molecular weight is 859 g/mol. The Kier molecular flexibility index (Phi) is 10.7. The van der Waals surface area contributed by atoms with Crippen LogP contribution in [0.5, 0.6) is 11.5 Å². The molecule has 0 radical (unpaired) electrons. The van der Waals surface area contributed by atoms with Crippen molar-refractivity contribution in [3.63, 3.8) is 0 Å². The summed E-state index contributed by atoms with van der Waals surface area (Å²) in [6.45, 7) is 7.38. The molecule has 2 unspecified atom stereocenters. The third-order valence-electron chi connectivity index (χ3n) is 13.2. The lowest BCUT2D eigenvalue weighted by Gasteiger charge is -2.28. The molecule has 0 spiro atoms. The maximum absolute atomic E-state index is 6.20. The van der Waals surface area contributed by atoms with Gasteiger partial charge in [0, 0.05) is 60.6 Å². The van der Waals surface area contributed by atoms with Crippen molar-refractivity contribution in [3.05, 3.63) is 120 Å². The van der Waals surface area contributed by atoms with Gasteiger partial charge in [-0.15, -0.1) is 0 Å². The molecule has 0 amide bonds. The number of aromatic nitrogens is 6. The van der Waals surface area contributed by atoms with Crippen LogP contribution in [-0.2, 0) is 9.47 Å². The predicted molar refractivity (Wildman–Crippen MR) is 245 cm³/mol. The summed E-state index contributed by atoms with van der Waals surface area (Å²) in [4.78, 5) is 33.3. The summed E-state index contributed by atoms with van der Waals surface area (Å²) in [6, 6.07) is 29.1. The Morgan fingerprint density at radius 2 is 1.00 bits per heavy atom. The Morgan fingerprint density at radius 3 is 1.36 bits per heavy atom. The van der Waals surface area contributed by atoms with Gasteiger partial charge in [0.05, 0.1) is 48.9 Å². The van der Waals surface area contributed by atoms with Gasteiger partial charge in [-0.3, -0.25) is 0 Å². The second-order valence-electron chi connectivity index (χ2n) is 18.0. The van der Waals surface area contributed by atoms with Gasteiger partial charge in [0.2, 0.25) is 0 Å². The minimum atomic E-state index is -0.140. The molecule has 328 valence electrons. The number of nitrogens with two attached hydrogens (primary N) is 2. The molecule has 6 aliphatic rings. The quantitative estimate of drug-likeness (QED) is 0.121. The van der Waals surface area contributed by atoms with Crippen molar-refractivity contribution in [1.82, 2.24) is 29.9 Å². The van der Waals surface area contributed by atoms with Gasteiger partial charge in [0.15, 0.2) is 23.1 Å². The van der Waals surface area contributed by atoms with E-state index in [1.54, 1.807) is 12.4 Å². The number of rotatable bonds is 12. The topological polar surface area (TPSA) is 173 Å². The van der Waals surface area contributed by atoms with E-state index >= 15 is 0 Å². The van der Waals surface area contributed by atoms with E-state index in [1.165, 1.54) is 0 Å². The number of hydrogen-bond acceptors (Lipinski definition) is 14. The molecule has 8 heterocycles. The van der Waals surface area contributed by atoms with Crippen molar-refractivity contribution in [2.24, 2.45) is 0 Å². The molecule has 6 fully saturated rings. The summed E-state index contributed by atoms with van der Waals surface area (Å²) in [5.41, 5.74) is 18.0. The summed E-state index contributed by atoms with van der Waals surface area (Å²) >= 11 is 0. The lowest BCUT2D eigenvalue weighted by atomic mass is 10.1. The van der Waals surface area contributed by atoms with Crippen LogP contribution in [0.25, 0.3) is 22.5 Å². The molecule has 2 saturated carbocycles. The molecule has 4 N–H and O–H groups in total. The highest BCUT2D eigenvalue weighted by atomic mass is 16.5. The monoisotopic (exact) mass is 858 g/mol. The molecule has 2 aliphatic carbocycles. The molecular formula is C50H54N10O4. The smallest absolute Gasteiger partial charge is 0.166 e. The maximum atomic E-state index is 6.20. The first-order valence-electron chi connectivity index (χ1n) is 22.8. The lowest BCUT2D eigenvalue weighted by molar-refractivity contribution is 0.0987. The largest absolute Gasteiger partial charge is 0.482 e. The van der Waals surface area contributed by atoms with Crippen LogP contribution in [0.4, 0.5) is 23.3 Å². The fraction of sp³-hybridized carbons (Fsp3) is 0.400. The number of fused-ring (bicyclic) bond motifs is 4. The van der Waals surface area contributed by atoms with Crippen molar-refractivity contribution >= 4 is 23.3 Å². The molecule has 6 atom stereocenters. The number of nitrogens with zero attached hydrogens (tertiary/aromatic N) is 8. The molecule has 4 saturated heterocycles. The molecule has 2 aromatic carbocycles. The van der Waals surface area contributed by atoms with Crippen LogP contribution in [0.1, 0.15) is 99.2 Å². The zero-order valence-electron chi connectivity index (χ0n) is 36.3. The van der Waals surface area contributed by atoms with Crippen LogP contribution in [0.3, 0.4) is 0 Å². The first-order chi connectivity index (χ1) is 31.3. The Morgan fingerprint density at radius 1 is 0.578 bits per heavy atom. The molecule has 14 nitrogen and oxygen atoms in total. The summed E-state index contributed by atoms with van der Waals surface area (Å²) in [6.07, 6.45) is 10.7. The second-order valence-corrected chi connectivity index (χ2v) is 18.0. The van der Waals surface area contributed by atoms with Gasteiger partial charge in [-0.2, -0.15) is 0 Å². The van der Waals surface area contributed by atoms with Crippen molar-refractivity contribution in [1.29, 1.82) is 0 Å². The number of ether oxygens (including phenoxy) is 4. The molecule has 64 heavy (non-hydrogen) atoms. The first kappa shape index (κ1) is 40.4. The third-order valence-corrected chi connectivity index (χ3v) is 13.2. The van der Waals surface area contributed by atoms with E-state index in [2.05, 4.69) is 31.9 Å². The van der Waals surface area contributed by atoms with Gasteiger partial charge in [-0.1, -0.05) is 60.7 Å². The van der Waals surface area contributed by atoms with Gasteiger partial charge in [-0.05, 0) is 75.6 Å². The zero-order chi connectivity index (χ0) is 43.3. The van der Waals surface area contributed by atoms with Gasteiger partial charge in [-0.25, -0.2) is 29.9 Å². The average Bonchev–Trinajstić information content (AvgIpc) is 4.20. The third kappa shape index (κ3) is 8.51. The molecule has 4 aromatic heterocycles. The number of morpholine rings is 2. The number of pyridine rings is 2. The molecule has 6 aromatic rings. The standard InChI is InChI=1S/2C25H27N5O2/c2*1-15(16-5-3-2-4-6-16)32-22-9-18(12-27-24(22)26)21-11-23(29-25(28-21)17-7-8-17)30-13-20-10-19(30)14-31-20/h2*2-6,9,11-12,15,17,19-20H,7-8,10,13-14H2,1H3,(H2,26,27)/t2*15?,19-,20-/m00/s1. The van der Waals surface area contributed by atoms with Crippen LogP contribution in [0.2, 0.25) is 0 Å². The highest BCUT2D eigenvalue weighted by molar-refractivity contribution is 5.68. The number of benzene rings is 2. The van der Waals surface area contributed by atoms with Crippen LogP contribution < -0.4 is 30.7 Å². The fourth-order valence-electron chi connectivity index (χ4n) is 9.25. The number of nitrogen functional groups attached to an aromatic ring is 2. The highest BCUT2D eigenvalue weighted by Gasteiger charge is 2.42. The van der Waals surface area contributed by atoms with Gasteiger partial charge in [0.25, 0.3) is 0 Å².